The predicted octanol–water partition coefficient (Wildman–Crippen LogP) is -0.310. The molecule has 1 radical (unpaired) electrons. The van der Waals surface area contributed by atoms with Gasteiger partial charge < -0.3 is 4.74 Å². The predicted molar refractivity (Wildman–Crippen MR) is 63.4 cm³/mol. The molecule has 0 N–H and O–H groups in total. The first-order valence-electron chi connectivity index (χ1n) is 5.85. The number of alkyl halides is 2. The zero-order valence-corrected chi connectivity index (χ0v) is 14.2. The van der Waals surface area contributed by atoms with Gasteiger partial charge in [0.05, 0.1) is 6.04 Å². The SMILES string of the molecule is COCC(F)(F)[C@@]12CC[C@@H]3CN1C(=O)N3OS(=O)(=O)O2.[Na]. The summed E-state index contributed by atoms with van der Waals surface area (Å²) in [6.07, 6.45) is -0.171. The Labute approximate surface area is 141 Å². The van der Waals surface area contributed by atoms with Crippen molar-refractivity contribution in [1.29, 1.82) is 0 Å². The molecule has 3 fully saturated rings. The zero-order chi connectivity index (χ0) is 14.8. The molecule has 3 heterocycles. The van der Waals surface area contributed by atoms with Crippen LogP contribution in [0.4, 0.5) is 13.6 Å². The number of hydroxylamine groups is 2. The molecule has 8 nitrogen and oxygen atoms in total. The number of nitrogens with zero attached hydrogens (tertiary/aromatic N) is 2. The number of methoxy groups -OCH3 is 1. The molecule has 3 saturated heterocycles. The van der Waals surface area contributed by atoms with Crippen LogP contribution < -0.4 is 0 Å². The quantitative estimate of drug-likeness (QED) is 0.657. The van der Waals surface area contributed by atoms with Crippen molar-refractivity contribution in [3.05, 3.63) is 0 Å². The number of amides is 2. The molecule has 2 amide bonds. The minimum atomic E-state index is -4.75. The topological polar surface area (TPSA) is 85.4 Å². The first-order valence-corrected chi connectivity index (χ1v) is 7.18. The van der Waals surface area contributed by atoms with Crippen molar-refractivity contribution < 1.29 is 35.2 Å². The summed E-state index contributed by atoms with van der Waals surface area (Å²) in [5.41, 5.74) is -2.60. The second kappa shape index (κ2) is 5.25. The third kappa shape index (κ3) is 2.38. The largest absolute Gasteiger partial charge is 0.423 e. The monoisotopic (exact) mass is 337 g/mol. The van der Waals surface area contributed by atoms with Gasteiger partial charge in [-0.25, -0.2) is 8.98 Å². The fraction of sp³-hybridized carbons (Fsp3) is 0.889. The first kappa shape index (κ1) is 17.3. The zero-order valence-electron chi connectivity index (χ0n) is 11.4. The van der Waals surface area contributed by atoms with E-state index >= 15 is 0 Å². The molecule has 0 unspecified atom stereocenters. The molecule has 3 rings (SSSR count). The molecule has 0 aromatic heterocycles. The molecule has 3 aliphatic rings. The van der Waals surface area contributed by atoms with E-state index in [9.17, 15) is 22.0 Å². The average Bonchev–Trinajstić information content (AvgIpc) is 2.51. The Hall–Kier alpha value is -0.0400. The van der Waals surface area contributed by atoms with Crippen LogP contribution in [0.1, 0.15) is 12.8 Å². The van der Waals surface area contributed by atoms with Crippen molar-refractivity contribution in [2.75, 3.05) is 20.3 Å². The van der Waals surface area contributed by atoms with E-state index in [0.717, 1.165) is 7.11 Å². The summed E-state index contributed by atoms with van der Waals surface area (Å²) >= 11 is 0. The Morgan fingerprint density at radius 2 is 2.19 bits per heavy atom. The summed E-state index contributed by atoms with van der Waals surface area (Å²) in [6, 6.07) is -1.52. The van der Waals surface area contributed by atoms with Gasteiger partial charge in [0.25, 0.3) is 0 Å². The Morgan fingerprint density at radius 1 is 1.52 bits per heavy atom. The van der Waals surface area contributed by atoms with E-state index in [0.29, 0.717) is 9.96 Å². The van der Waals surface area contributed by atoms with Gasteiger partial charge in [-0.15, -0.1) is 4.28 Å². The van der Waals surface area contributed by atoms with E-state index in [4.69, 9.17) is 0 Å². The van der Waals surface area contributed by atoms with E-state index in [1.165, 1.54) is 0 Å². The molecular formula is C9H12F2N2NaO6S. The molecule has 3 bridgehead atoms. The van der Waals surface area contributed by atoms with Gasteiger partial charge in [-0.2, -0.15) is 22.3 Å². The van der Waals surface area contributed by atoms with E-state index in [1.54, 1.807) is 0 Å². The number of urea groups is 1. The minimum Gasteiger partial charge on any atom is -0.378 e. The van der Waals surface area contributed by atoms with Crippen LogP contribution in [0.5, 0.6) is 0 Å². The van der Waals surface area contributed by atoms with Crippen molar-refractivity contribution in [3.63, 3.8) is 0 Å². The Morgan fingerprint density at radius 3 is 2.81 bits per heavy atom. The van der Waals surface area contributed by atoms with Gasteiger partial charge >= 0.3 is 22.4 Å². The van der Waals surface area contributed by atoms with Crippen LogP contribution in [0.2, 0.25) is 0 Å². The maximum absolute atomic E-state index is 14.4. The van der Waals surface area contributed by atoms with Crippen LogP contribution in [-0.2, 0) is 23.6 Å². The summed E-state index contributed by atoms with van der Waals surface area (Å²) in [4.78, 5) is 12.7. The fourth-order valence-corrected chi connectivity index (χ4v) is 3.89. The van der Waals surface area contributed by atoms with Crippen molar-refractivity contribution in [3.8, 4) is 0 Å². The van der Waals surface area contributed by atoms with E-state index in [1.807, 2.05) is 0 Å². The van der Waals surface area contributed by atoms with Crippen molar-refractivity contribution in [1.82, 2.24) is 9.96 Å². The number of hydrogen-bond acceptors (Lipinski definition) is 6. The first-order chi connectivity index (χ1) is 9.22. The molecule has 0 spiro atoms. The van der Waals surface area contributed by atoms with Gasteiger partial charge in [0.1, 0.15) is 6.61 Å². The maximum atomic E-state index is 14.4. The van der Waals surface area contributed by atoms with Crippen molar-refractivity contribution in [2.45, 2.75) is 30.5 Å². The van der Waals surface area contributed by atoms with Gasteiger partial charge in [0.2, 0.25) is 5.72 Å². The number of ether oxygens (including phenoxy) is 1. The number of fused-ring (bicyclic) bond motifs is 3. The van der Waals surface area contributed by atoms with Crippen LogP contribution in [0.15, 0.2) is 0 Å². The number of carbonyl (C=O) groups is 1. The Kier molecular flexibility index (Phi) is 4.33. The van der Waals surface area contributed by atoms with Gasteiger partial charge in [0.15, 0.2) is 0 Å². The Bertz CT molecular complexity index is 560. The molecule has 0 saturated carbocycles. The molecule has 12 heteroatoms. The Balaban J connectivity index is 0.00000161. The molecule has 0 aliphatic carbocycles. The standard InChI is InChI=1S/C9H12F2N2O6S.Na/c1-17-5-8(10,11)9-3-2-6-4-12(9)7(14)13(6)19-20(15,16)18-9;/h6H,2-5H2,1H3;/t6-,9+;/m1./s1. The van der Waals surface area contributed by atoms with E-state index in [-0.39, 0.29) is 48.9 Å². The van der Waals surface area contributed by atoms with Crippen molar-refractivity contribution >= 4 is 46.0 Å². The van der Waals surface area contributed by atoms with Crippen LogP contribution in [0, 0.1) is 0 Å². The number of rotatable bonds is 3. The molecule has 21 heavy (non-hydrogen) atoms. The number of carbonyl (C=O) groups excluding carboxylic acids is 1. The third-order valence-electron chi connectivity index (χ3n) is 3.71. The van der Waals surface area contributed by atoms with Gasteiger partial charge in [0, 0.05) is 49.6 Å². The average molecular weight is 337 g/mol. The van der Waals surface area contributed by atoms with Crippen LogP contribution >= 0.6 is 0 Å². The normalized spacial score (nSPS) is 33.9. The number of hydrogen-bond donors (Lipinski definition) is 0. The summed E-state index contributed by atoms with van der Waals surface area (Å²) in [5, 5.41) is 0.590. The summed E-state index contributed by atoms with van der Waals surface area (Å²) in [6.45, 7) is -1.15. The van der Waals surface area contributed by atoms with Crippen LogP contribution in [0.25, 0.3) is 0 Å². The van der Waals surface area contributed by atoms with Gasteiger partial charge in [-0.1, -0.05) is 0 Å². The van der Waals surface area contributed by atoms with Crippen LogP contribution in [0.3, 0.4) is 0 Å². The fourth-order valence-electron chi connectivity index (χ4n) is 2.84. The number of halogens is 2. The summed E-state index contributed by atoms with van der Waals surface area (Å²) < 4.78 is 65.4. The second-order valence-corrected chi connectivity index (χ2v) is 6.03. The van der Waals surface area contributed by atoms with E-state index in [2.05, 4.69) is 13.2 Å². The number of piperidine rings is 1. The molecule has 3 aliphatic heterocycles. The second-order valence-electron chi connectivity index (χ2n) is 4.90. The van der Waals surface area contributed by atoms with Gasteiger partial charge in [-0.05, 0) is 6.42 Å². The van der Waals surface area contributed by atoms with Crippen molar-refractivity contribution in [2.24, 2.45) is 0 Å². The van der Waals surface area contributed by atoms with Gasteiger partial charge in [-0.3, -0.25) is 4.90 Å². The molecule has 115 valence electrons. The maximum Gasteiger partial charge on any atom is 0.423 e. The van der Waals surface area contributed by atoms with E-state index < -0.39 is 40.7 Å². The van der Waals surface area contributed by atoms with Crippen LogP contribution in [-0.4, -0.2) is 91.9 Å². The minimum absolute atomic E-state index is 0. The smallest absolute Gasteiger partial charge is 0.378 e. The molecule has 2 atom stereocenters. The molecular weight excluding hydrogens is 325 g/mol. The summed E-state index contributed by atoms with van der Waals surface area (Å²) in [5.74, 6) is -3.70. The molecule has 0 aromatic carbocycles. The molecule has 0 aromatic rings. The summed E-state index contributed by atoms with van der Waals surface area (Å²) in [7, 11) is -3.69. The third-order valence-corrected chi connectivity index (χ3v) is 4.53.